The molecule has 1 aromatic rings. The molecule has 7 nitrogen and oxygen atoms in total. The summed E-state index contributed by atoms with van der Waals surface area (Å²) in [5.41, 5.74) is 0. The van der Waals surface area contributed by atoms with E-state index in [4.69, 9.17) is 32.7 Å². The Labute approximate surface area is 187 Å². The van der Waals surface area contributed by atoms with Crippen LogP contribution in [-0.4, -0.2) is 67.5 Å². The molecular weight excluding hydrogens is 431 g/mol. The molecule has 1 heterocycles. The summed E-state index contributed by atoms with van der Waals surface area (Å²) in [5, 5.41) is 0.940. The van der Waals surface area contributed by atoms with Crippen molar-refractivity contribution in [3.8, 4) is 5.75 Å². The van der Waals surface area contributed by atoms with Gasteiger partial charge >= 0.3 is 5.97 Å². The van der Waals surface area contributed by atoms with Gasteiger partial charge in [0, 0.05) is 31.6 Å². The van der Waals surface area contributed by atoms with Crippen LogP contribution in [0.25, 0.3) is 0 Å². The number of esters is 1. The summed E-state index contributed by atoms with van der Waals surface area (Å²) >= 11 is 11.9. The Hall–Kier alpha value is -1.99. The van der Waals surface area contributed by atoms with Crippen LogP contribution in [0.15, 0.2) is 18.2 Å². The number of amides is 2. The molecule has 2 rings (SSSR count). The number of likely N-dealkylation sites (tertiary alicyclic amines) is 1. The second-order valence-electron chi connectivity index (χ2n) is 7.21. The number of halogens is 2. The lowest BCUT2D eigenvalue weighted by Crippen LogP contribution is -2.47. The van der Waals surface area contributed by atoms with Crippen molar-refractivity contribution in [1.29, 1.82) is 0 Å². The maximum absolute atomic E-state index is 12.5. The van der Waals surface area contributed by atoms with Crippen LogP contribution in [0.3, 0.4) is 0 Å². The minimum atomic E-state index is -0.291. The third-order valence-corrected chi connectivity index (χ3v) is 5.41. The van der Waals surface area contributed by atoms with Crippen molar-refractivity contribution < 1.29 is 23.9 Å². The van der Waals surface area contributed by atoms with E-state index >= 15 is 0 Å². The van der Waals surface area contributed by atoms with Gasteiger partial charge in [-0.3, -0.25) is 14.4 Å². The van der Waals surface area contributed by atoms with Gasteiger partial charge in [0.25, 0.3) is 0 Å². The van der Waals surface area contributed by atoms with Crippen LogP contribution in [0.5, 0.6) is 5.75 Å². The number of rotatable bonds is 9. The van der Waals surface area contributed by atoms with Gasteiger partial charge in [0.1, 0.15) is 5.75 Å². The first-order chi connectivity index (χ1) is 14.3. The summed E-state index contributed by atoms with van der Waals surface area (Å²) < 4.78 is 10.6. The van der Waals surface area contributed by atoms with Gasteiger partial charge < -0.3 is 19.3 Å². The second kappa shape index (κ2) is 12.0. The SMILES string of the molecule is CCOC(=O)C1CCCN(C(=O)CN(C)C(=O)CCCOc2ccc(Cl)cc2Cl)C1. The topological polar surface area (TPSA) is 76.2 Å². The Balaban J connectivity index is 1.72. The van der Waals surface area contributed by atoms with Gasteiger partial charge in [-0.25, -0.2) is 0 Å². The molecule has 0 radical (unpaired) electrons. The van der Waals surface area contributed by atoms with Crippen molar-refractivity contribution in [2.75, 3.05) is 39.9 Å². The van der Waals surface area contributed by atoms with E-state index in [1.807, 2.05) is 0 Å². The molecule has 0 saturated carbocycles. The van der Waals surface area contributed by atoms with Crippen LogP contribution in [0.1, 0.15) is 32.6 Å². The van der Waals surface area contributed by atoms with Gasteiger partial charge in [-0.05, 0) is 44.4 Å². The van der Waals surface area contributed by atoms with Crippen LogP contribution in [0, 0.1) is 5.92 Å². The van der Waals surface area contributed by atoms with Crippen molar-refractivity contribution in [2.24, 2.45) is 5.92 Å². The maximum atomic E-state index is 12.5. The molecule has 0 aliphatic carbocycles. The van der Waals surface area contributed by atoms with Crippen molar-refractivity contribution in [3.63, 3.8) is 0 Å². The third-order valence-electron chi connectivity index (χ3n) is 4.88. The smallest absolute Gasteiger partial charge is 0.310 e. The van der Waals surface area contributed by atoms with Crippen molar-refractivity contribution in [2.45, 2.75) is 32.6 Å². The number of carbonyl (C=O) groups is 3. The van der Waals surface area contributed by atoms with E-state index in [0.717, 1.165) is 12.8 Å². The molecule has 9 heteroatoms. The average Bonchev–Trinajstić information content (AvgIpc) is 2.72. The molecule has 1 aliphatic heterocycles. The predicted octanol–water partition coefficient (Wildman–Crippen LogP) is 3.41. The van der Waals surface area contributed by atoms with Crippen LogP contribution >= 0.6 is 23.2 Å². The van der Waals surface area contributed by atoms with Crippen LogP contribution < -0.4 is 4.74 Å². The number of likely N-dealkylation sites (N-methyl/N-ethyl adjacent to an activating group) is 1. The normalized spacial score (nSPS) is 16.1. The van der Waals surface area contributed by atoms with Crippen molar-refractivity contribution in [3.05, 3.63) is 28.2 Å². The fraction of sp³-hybridized carbons (Fsp3) is 0.571. The minimum absolute atomic E-state index is 0.0156. The van der Waals surface area contributed by atoms with Gasteiger partial charge in [-0.2, -0.15) is 0 Å². The van der Waals surface area contributed by atoms with E-state index in [-0.39, 0.29) is 36.7 Å². The molecular formula is C21H28Cl2N2O5. The zero-order valence-corrected chi connectivity index (χ0v) is 18.9. The highest BCUT2D eigenvalue weighted by Gasteiger charge is 2.30. The average molecular weight is 459 g/mol. The Kier molecular flexibility index (Phi) is 9.72. The molecule has 1 atom stereocenters. The molecule has 0 aromatic heterocycles. The lowest BCUT2D eigenvalue weighted by atomic mass is 9.98. The van der Waals surface area contributed by atoms with Gasteiger partial charge in [-0.1, -0.05) is 23.2 Å². The number of ether oxygens (including phenoxy) is 2. The van der Waals surface area contributed by atoms with Crippen molar-refractivity contribution >= 4 is 41.0 Å². The standard InChI is InChI=1S/C21H28Cl2N2O5/c1-3-29-21(28)15-6-4-10-25(13-15)20(27)14-24(2)19(26)7-5-11-30-18-9-8-16(22)12-17(18)23/h8-9,12,15H,3-7,10-11,13-14H2,1-2H3. The number of carbonyl (C=O) groups excluding carboxylic acids is 3. The first-order valence-corrected chi connectivity index (χ1v) is 10.8. The maximum Gasteiger partial charge on any atom is 0.310 e. The monoisotopic (exact) mass is 458 g/mol. The number of nitrogens with zero attached hydrogens (tertiary/aromatic N) is 2. The molecule has 1 aliphatic rings. The van der Waals surface area contributed by atoms with Crippen LogP contribution in [-0.2, 0) is 19.1 Å². The molecule has 1 saturated heterocycles. The molecule has 1 aromatic carbocycles. The summed E-state index contributed by atoms with van der Waals surface area (Å²) in [6, 6.07) is 4.95. The third kappa shape index (κ3) is 7.36. The molecule has 1 unspecified atom stereocenters. The molecule has 0 bridgehead atoms. The Morgan fingerprint density at radius 1 is 1.27 bits per heavy atom. The number of piperidine rings is 1. The fourth-order valence-corrected chi connectivity index (χ4v) is 3.70. The quantitative estimate of drug-likeness (QED) is 0.418. The van der Waals surface area contributed by atoms with E-state index in [1.54, 1.807) is 37.1 Å². The van der Waals surface area contributed by atoms with E-state index in [9.17, 15) is 14.4 Å². The Bertz CT molecular complexity index is 759. The van der Waals surface area contributed by atoms with Crippen LogP contribution in [0.2, 0.25) is 10.0 Å². The highest BCUT2D eigenvalue weighted by Crippen LogP contribution is 2.27. The summed E-state index contributed by atoms with van der Waals surface area (Å²) in [6.07, 6.45) is 2.21. The Morgan fingerprint density at radius 2 is 2.03 bits per heavy atom. The fourth-order valence-electron chi connectivity index (χ4n) is 3.24. The molecule has 2 amide bonds. The number of hydrogen-bond acceptors (Lipinski definition) is 5. The molecule has 1 fully saturated rings. The largest absolute Gasteiger partial charge is 0.492 e. The van der Waals surface area contributed by atoms with E-state index in [1.165, 1.54) is 4.90 Å². The van der Waals surface area contributed by atoms with E-state index in [2.05, 4.69) is 0 Å². The van der Waals surface area contributed by atoms with Gasteiger partial charge in [0.05, 0.1) is 30.7 Å². The van der Waals surface area contributed by atoms with E-state index in [0.29, 0.717) is 48.5 Å². The first-order valence-electron chi connectivity index (χ1n) is 10.1. The highest BCUT2D eigenvalue weighted by molar-refractivity contribution is 6.35. The predicted molar refractivity (Wildman–Crippen MR) is 115 cm³/mol. The van der Waals surface area contributed by atoms with Crippen LogP contribution in [0.4, 0.5) is 0 Å². The Morgan fingerprint density at radius 3 is 2.73 bits per heavy atom. The number of benzene rings is 1. The summed E-state index contributed by atoms with van der Waals surface area (Å²) in [6.45, 7) is 3.33. The van der Waals surface area contributed by atoms with E-state index < -0.39 is 0 Å². The summed E-state index contributed by atoms with van der Waals surface area (Å²) in [4.78, 5) is 39.9. The number of hydrogen-bond donors (Lipinski definition) is 0. The summed E-state index contributed by atoms with van der Waals surface area (Å²) in [5.74, 6) is -0.351. The molecule has 0 spiro atoms. The molecule has 0 N–H and O–H groups in total. The first kappa shape index (κ1) is 24.3. The summed E-state index contributed by atoms with van der Waals surface area (Å²) in [7, 11) is 1.60. The minimum Gasteiger partial charge on any atom is -0.492 e. The van der Waals surface area contributed by atoms with Gasteiger partial charge in [0.2, 0.25) is 11.8 Å². The van der Waals surface area contributed by atoms with Gasteiger partial charge in [-0.15, -0.1) is 0 Å². The highest BCUT2D eigenvalue weighted by atomic mass is 35.5. The zero-order chi connectivity index (χ0) is 22.1. The molecule has 166 valence electrons. The van der Waals surface area contributed by atoms with Gasteiger partial charge in [0.15, 0.2) is 0 Å². The zero-order valence-electron chi connectivity index (χ0n) is 17.4. The second-order valence-corrected chi connectivity index (χ2v) is 8.05. The lowest BCUT2D eigenvalue weighted by Gasteiger charge is -2.32. The lowest BCUT2D eigenvalue weighted by molar-refractivity contribution is -0.152. The van der Waals surface area contributed by atoms with Crippen molar-refractivity contribution in [1.82, 2.24) is 9.80 Å². The molecule has 30 heavy (non-hydrogen) atoms.